The minimum Gasteiger partial charge on any atom is -0.444 e. The van der Waals surface area contributed by atoms with Crippen molar-refractivity contribution >= 4 is 29.2 Å². The van der Waals surface area contributed by atoms with Crippen LogP contribution in [0.5, 0.6) is 0 Å². The number of β-amino-alcohol motifs (C(OH)–C–C–N with tert-alkyl or cyclic N) is 1. The van der Waals surface area contributed by atoms with Crippen LogP contribution in [-0.4, -0.2) is 51.2 Å². The van der Waals surface area contributed by atoms with Crippen LogP contribution in [0, 0.1) is 0 Å². The Morgan fingerprint density at radius 3 is 2.83 bits per heavy atom. The van der Waals surface area contributed by atoms with Crippen molar-refractivity contribution < 1.29 is 19.4 Å². The lowest BCUT2D eigenvalue weighted by molar-refractivity contribution is -0.105. The lowest BCUT2D eigenvalue weighted by atomic mass is 9.86. The number of carbonyl (C=O) groups excluding carboxylic acids is 2. The second kappa shape index (κ2) is 5.48. The van der Waals surface area contributed by atoms with Gasteiger partial charge in [-0.25, -0.2) is 9.78 Å². The Bertz CT molecular complexity index is 787. The van der Waals surface area contributed by atoms with Gasteiger partial charge in [0.25, 0.3) is 0 Å². The Morgan fingerprint density at radius 2 is 2.21 bits per heavy atom. The summed E-state index contributed by atoms with van der Waals surface area (Å²) in [5, 5.41) is 14.1. The van der Waals surface area contributed by atoms with Gasteiger partial charge in [-0.3, -0.25) is 4.79 Å². The van der Waals surface area contributed by atoms with Crippen LogP contribution >= 0.6 is 0 Å². The molecule has 3 heterocycles. The summed E-state index contributed by atoms with van der Waals surface area (Å²) in [4.78, 5) is 31.2. The SMILES string of the molecule is CC(C)(C)OC(=O)N1CC(O)(c2c[nH]c3ncc(NC=O)cc23)C1. The summed E-state index contributed by atoms with van der Waals surface area (Å²) >= 11 is 0. The number of aromatic amines is 1. The molecule has 0 unspecified atom stereocenters. The van der Waals surface area contributed by atoms with E-state index in [2.05, 4.69) is 15.3 Å². The number of nitrogens with zero attached hydrogens (tertiary/aromatic N) is 2. The molecule has 0 aromatic carbocycles. The minimum atomic E-state index is -1.17. The summed E-state index contributed by atoms with van der Waals surface area (Å²) in [5.41, 5.74) is 0.0249. The van der Waals surface area contributed by atoms with Gasteiger partial charge in [0.1, 0.15) is 16.8 Å². The molecule has 0 aliphatic carbocycles. The summed E-state index contributed by atoms with van der Waals surface area (Å²) < 4.78 is 5.30. The van der Waals surface area contributed by atoms with Gasteiger partial charge in [-0.15, -0.1) is 0 Å². The predicted octanol–water partition coefficient (Wildman–Crippen LogP) is 1.57. The fourth-order valence-corrected chi connectivity index (χ4v) is 2.75. The molecule has 128 valence electrons. The van der Waals surface area contributed by atoms with E-state index < -0.39 is 17.3 Å². The number of aromatic nitrogens is 2. The van der Waals surface area contributed by atoms with Crippen molar-refractivity contribution in [3.63, 3.8) is 0 Å². The highest BCUT2D eigenvalue weighted by Gasteiger charge is 2.47. The summed E-state index contributed by atoms with van der Waals surface area (Å²) in [5.74, 6) is 0. The third-order valence-electron chi connectivity index (χ3n) is 3.81. The highest BCUT2D eigenvalue weighted by molar-refractivity contribution is 5.86. The maximum absolute atomic E-state index is 12.0. The number of nitrogens with one attached hydrogen (secondary N) is 2. The number of H-pyrrole nitrogens is 1. The second-order valence-corrected chi connectivity index (χ2v) is 6.95. The number of hydrogen-bond donors (Lipinski definition) is 3. The van der Waals surface area contributed by atoms with Crippen LogP contribution in [0.25, 0.3) is 11.0 Å². The highest BCUT2D eigenvalue weighted by Crippen LogP contribution is 2.37. The molecule has 8 nitrogen and oxygen atoms in total. The first kappa shape index (κ1) is 16.3. The molecule has 1 aliphatic heterocycles. The Morgan fingerprint density at radius 1 is 1.50 bits per heavy atom. The monoisotopic (exact) mass is 332 g/mol. The van der Waals surface area contributed by atoms with Gasteiger partial charge in [0.05, 0.1) is 25.0 Å². The zero-order valence-corrected chi connectivity index (χ0v) is 13.8. The Hall–Kier alpha value is -2.61. The van der Waals surface area contributed by atoms with E-state index in [-0.39, 0.29) is 13.1 Å². The van der Waals surface area contributed by atoms with Gasteiger partial charge in [0, 0.05) is 17.1 Å². The van der Waals surface area contributed by atoms with E-state index in [1.165, 1.54) is 11.1 Å². The first-order valence-corrected chi connectivity index (χ1v) is 7.60. The van der Waals surface area contributed by atoms with Crippen LogP contribution in [0.1, 0.15) is 26.3 Å². The molecule has 0 radical (unpaired) electrons. The van der Waals surface area contributed by atoms with Crippen molar-refractivity contribution in [1.82, 2.24) is 14.9 Å². The number of pyridine rings is 1. The van der Waals surface area contributed by atoms with Crippen LogP contribution in [0.4, 0.5) is 10.5 Å². The maximum atomic E-state index is 12.0. The molecule has 2 amide bonds. The number of fused-ring (bicyclic) bond motifs is 1. The zero-order chi connectivity index (χ0) is 17.5. The number of carbonyl (C=O) groups is 2. The van der Waals surface area contributed by atoms with Gasteiger partial charge in [-0.1, -0.05) is 0 Å². The summed E-state index contributed by atoms with van der Waals surface area (Å²) in [6, 6.07) is 1.73. The quantitative estimate of drug-likeness (QED) is 0.740. The van der Waals surface area contributed by atoms with E-state index in [9.17, 15) is 14.7 Å². The molecule has 3 N–H and O–H groups in total. The predicted molar refractivity (Wildman–Crippen MR) is 87.5 cm³/mol. The average Bonchev–Trinajstić information content (AvgIpc) is 2.86. The molecule has 24 heavy (non-hydrogen) atoms. The second-order valence-electron chi connectivity index (χ2n) is 6.95. The minimum absolute atomic E-state index is 0.139. The zero-order valence-electron chi connectivity index (χ0n) is 13.8. The fraction of sp³-hybridized carbons (Fsp3) is 0.438. The maximum Gasteiger partial charge on any atom is 0.410 e. The smallest absolute Gasteiger partial charge is 0.410 e. The standard InChI is InChI=1S/C16H20N4O4/c1-15(2,3)24-14(22)20-7-16(23,8-20)12-6-18-13-11(12)4-10(5-17-13)19-9-21/h4-6,9,23H,7-8H2,1-3H3,(H,17,18)(H,19,21). The highest BCUT2D eigenvalue weighted by atomic mass is 16.6. The molecule has 8 heteroatoms. The van der Waals surface area contributed by atoms with Crippen LogP contribution in [0.2, 0.25) is 0 Å². The van der Waals surface area contributed by atoms with E-state index >= 15 is 0 Å². The summed E-state index contributed by atoms with van der Waals surface area (Å²) in [7, 11) is 0. The normalized spacial score (nSPS) is 16.6. The largest absolute Gasteiger partial charge is 0.444 e. The summed E-state index contributed by atoms with van der Waals surface area (Å²) in [6.07, 6.45) is 3.31. The van der Waals surface area contributed by atoms with Gasteiger partial charge in [-0.2, -0.15) is 0 Å². The van der Waals surface area contributed by atoms with Gasteiger partial charge in [0.2, 0.25) is 6.41 Å². The van der Waals surface area contributed by atoms with Crippen LogP contribution in [-0.2, 0) is 15.1 Å². The lowest BCUT2D eigenvalue weighted by Crippen LogP contribution is -2.61. The first-order chi connectivity index (χ1) is 11.2. The number of likely N-dealkylation sites (tertiary alicyclic amines) is 1. The number of hydrogen-bond acceptors (Lipinski definition) is 5. The number of anilines is 1. The molecule has 1 fully saturated rings. The number of rotatable bonds is 3. The van der Waals surface area contributed by atoms with Crippen molar-refractivity contribution in [2.45, 2.75) is 32.0 Å². The molecule has 1 aliphatic rings. The number of amides is 2. The molecular weight excluding hydrogens is 312 g/mol. The molecular formula is C16H20N4O4. The molecule has 2 aromatic rings. The molecule has 0 bridgehead atoms. The number of aliphatic hydroxyl groups is 1. The molecule has 0 saturated carbocycles. The first-order valence-electron chi connectivity index (χ1n) is 7.60. The average molecular weight is 332 g/mol. The molecule has 0 spiro atoms. The van der Waals surface area contributed by atoms with E-state index in [0.29, 0.717) is 28.7 Å². The van der Waals surface area contributed by atoms with Crippen LogP contribution < -0.4 is 5.32 Å². The van der Waals surface area contributed by atoms with Crippen LogP contribution in [0.15, 0.2) is 18.5 Å². The lowest BCUT2D eigenvalue weighted by Gasteiger charge is -2.46. The fourth-order valence-electron chi connectivity index (χ4n) is 2.75. The van der Waals surface area contributed by atoms with Crippen molar-refractivity contribution in [3.05, 3.63) is 24.0 Å². The topological polar surface area (TPSA) is 108 Å². The van der Waals surface area contributed by atoms with E-state index in [0.717, 1.165) is 0 Å². The molecule has 1 saturated heterocycles. The van der Waals surface area contributed by atoms with E-state index in [4.69, 9.17) is 4.74 Å². The van der Waals surface area contributed by atoms with E-state index in [1.54, 1.807) is 33.0 Å². The molecule has 0 atom stereocenters. The molecule has 2 aromatic heterocycles. The Labute approximate surface area is 138 Å². The van der Waals surface area contributed by atoms with Gasteiger partial charge in [0.15, 0.2) is 0 Å². The van der Waals surface area contributed by atoms with Crippen molar-refractivity contribution in [1.29, 1.82) is 0 Å². The third-order valence-corrected chi connectivity index (χ3v) is 3.81. The Balaban J connectivity index is 1.80. The number of ether oxygens (including phenoxy) is 1. The van der Waals surface area contributed by atoms with Crippen molar-refractivity contribution in [2.24, 2.45) is 0 Å². The molecule has 3 rings (SSSR count). The van der Waals surface area contributed by atoms with Crippen LogP contribution in [0.3, 0.4) is 0 Å². The Kier molecular flexibility index (Phi) is 3.71. The van der Waals surface area contributed by atoms with Gasteiger partial charge >= 0.3 is 6.09 Å². The van der Waals surface area contributed by atoms with Crippen molar-refractivity contribution in [2.75, 3.05) is 18.4 Å². The van der Waals surface area contributed by atoms with Gasteiger partial charge < -0.3 is 25.0 Å². The summed E-state index contributed by atoms with van der Waals surface area (Å²) in [6.45, 7) is 5.66. The van der Waals surface area contributed by atoms with E-state index in [1.807, 2.05) is 0 Å². The van der Waals surface area contributed by atoms with Crippen molar-refractivity contribution in [3.8, 4) is 0 Å². The third kappa shape index (κ3) is 2.92. The van der Waals surface area contributed by atoms with Gasteiger partial charge in [-0.05, 0) is 26.8 Å².